The molecule has 0 amide bonds. The number of rotatable bonds is 8. The second-order valence-electron chi connectivity index (χ2n) is 4.66. The maximum Gasteiger partial charge on any atom is 0.223 e. The summed E-state index contributed by atoms with van der Waals surface area (Å²) < 4.78 is 26.5. The minimum atomic E-state index is -3.47. The summed E-state index contributed by atoms with van der Waals surface area (Å²) in [5.74, 6) is 0. The average molecular weight is 295 g/mol. The Morgan fingerprint density at radius 2 is 1.83 bits per heavy atom. The van der Waals surface area contributed by atoms with Crippen LogP contribution in [0.15, 0.2) is 0 Å². The molecule has 2 N–H and O–H groups in total. The van der Waals surface area contributed by atoms with Gasteiger partial charge in [0.25, 0.3) is 0 Å². The molecule has 0 fully saturated rings. The monoisotopic (exact) mass is 295 g/mol. The summed E-state index contributed by atoms with van der Waals surface area (Å²) in [7, 11) is 0.370. The van der Waals surface area contributed by atoms with Gasteiger partial charge in [0.05, 0.1) is 4.99 Å². The minimum absolute atomic E-state index is 0.0491. The molecule has 0 aromatic carbocycles. The van der Waals surface area contributed by atoms with Crippen molar-refractivity contribution in [1.29, 1.82) is 0 Å². The zero-order chi connectivity index (χ0) is 14.5. The van der Waals surface area contributed by atoms with Crippen molar-refractivity contribution in [1.82, 2.24) is 9.21 Å². The van der Waals surface area contributed by atoms with Crippen molar-refractivity contribution in [3.8, 4) is 0 Å². The van der Waals surface area contributed by atoms with E-state index < -0.39 is 15.3 Å². The SMILES string of the molecule is CCC(C(N)=S)S(=O)(=O)N(CC)C(C)CN(C)C. The van der Waals surface area contributed by atoms with E-state index in [4.69, 9.17) is 18.0 Å². The third-order valence-electron chi connectivity index (χ3n) is 2.81. The normalized spacial score (nSPS) is 15.9. The summed E-state index contributed by atoms with van der Waals surface area (Å²) >= 11 is 4.87. The zero-order valence-electron chi connectivity index (χ0n) is 11.9. The molecule has 5 nitrogen and oxygen atoms in total. The zero-order valence-corrected chi connectivity index (χ0v) is 13.5. The van der Waals surface area contributed by atoms with Crippen molar-refractivity contribution in [3.63, 3.8) is 0 Å². The molecule has 0 spiro atoms. The van der Waals surface area contributed by atoms with Gasteiger partial charge in [-0.1, -0.05) is 26.1 Å². The van der Waals surface area contributed by atoms with Crippen molar-refractivity contribution in [2.45, 2.75) is 38.5 Å². The topological polar surface area (TPSA) is 66.6 Å². The first-order chi connectivity index (χ1) is 8.18. The predicted molar refractivity (Wildman–Crippen MR) is 80.2 cm³/mol. The van der Waals surface area contributed by atoms with Crippen molar-refractivity contribution in [2.24, 2.45) is 5.73 Å². The van der Waals surface area contributed by atoms with Crippen LogP contribution in [-0.4, -0.2) is 61.1 Å². The van der Waals surface area contributed by atoms with E-state index in [1.54, 1.807) is 6.92 Å². The number of nitrogens with zero attached hydrogens (tertiary/aromatic N) is 2. The Hall–Kier alpha value is -0.240. The van der Waals surface area contributed by atoms with Gasteiger partial charge in [-0.15, -0.1) is 0 Å². The molecule has 0 bridgehead atoms. The molecule has 2 unspecified atom stereocenters. The van der Waals surface area contributed by atoms with Crippen LogP contribution in [0.3, 0.4) is 0 Å². The van der Waals surface area contributed by atoms with Crippen molar-refractivity contribution < 1.29 is 8.42 Å². The summed E-state index contributed by atoms with van der Waals surface area (Å²) in [4.78, 5) is 2.01. The van der Waals surface area contributed by atoms with E-state index in [1.807, 2.05) is 32.8 Å². The van der Waals surface area contributed by atoms with Gasteiger partial charge in [0.2, 0.25) is 10.0 Å². The molecule has 0 aromatic rings. The van der Waals surface area contributed by atoms with Crippen molar-refractivity contribution in [3.05, 3.63) is 0 Å². The molecule has 0 rings (SSSR count). The van der Waals surface area contributed by atoms with Crippen LogP contribution in [0.2, 0.25) is 0 Å². The molecule has 0 aliphatic heterocycles. The molecule has 18 heavy (non-hydrogen) atoms. The van der Waals surface area contributed by atoms with E-state index in [0.29, 0.717) is 19.5 Å². The van der Waals surface area contributed by atoms with Crippen molar-refractivity contribution in [2.75, 3.05) is 27.2 Å². The van der Waals surface area contributed by atoms with E-state index in [0.717, 1.165) is 0 Å². The lowest BCUT2D eigenvalue weighted by molar-refractivity contribution is 0.270. The van der Waals surface area contributed by atoms with Crippen LogP contribution in [0.5, 0.6) is 0 Å². The third kappa shape index (κ3) is 4.46. The largest absolute Gasteiger partial charge is 0.392 e. The molecule has 0 aliphatic rings. The van der Waals surface area contributed by atoms with Crippen LogP contribution in [0.25, 0.3) is 0 Å². The molecule has 2 atom stereocenters. The highest BCUT2D eigenvalue weighted by atomic mass is 32.2. The number of sulfonamides is 1. The maximum absolute atomic E-state index is 12.5. The smallest absolute Gasteiger partial charge is 0.223 e. The maximum atomic E-state index is 12.5. The molecule has 0 saturated carbocycles. The van der Waals surface area contributed by atoms with Crippen LogP contribution < -0.4 is 5.73 Å². The van der Waals surface area contributed by atoms with Gasteiger partial charge in [-0.2, -0.15) is 4.31 Å². The number of thiocarbonyl (C=S) groups is 1. The number of hydrogen-bond acceptors (Lipinski definition) is 4. The van der Waals surface area contributed by atoms with Gasteiger partial charge in [-0.3, -0.25) is 0 Å². The number of nitrogens with two attached hydrogens (primary N) is 1. The molecule has 0 radical (unpaired) electrons. The van der Waals surface area contributed by atoms with Crippen LogP contribution in [-0.2, 0) is 10.0 Å². The van der Waals surface area contributed by atoms with Gasteiger partial charge in [-0.25, -0.2) is 8.42 Å². The summed E-state index contributed by atoms with van der Waals surface area (Å²) in [6, 6.07) is -0.0987. The first-order valence-corrected chi connectivity index (χ1v) is 8.04. The van der Waals surface area contributed by atoms with E-state index >= 15 is 0 Å². The fraction of sp³-hybridized carbons (Fsp3) is 0.909. The standard InChI is InChI=1S/C11H25N3O2S2/c1-6-10(11(12)17)18(15,16)14(7-2)9(3)8-13(4)5/h9-10H,6-8H2,1-5H3,(H2,12,17). The highest BCUT2D eigenvalue weighted by molar-refractivity contribution is 7.92. The van der Waals surface area contributed by atoms with Crippen LogP contribution in [0.1, 0.15) is 27.2 Å². The Balaban J connectivity index is 5.20. The van der Waals surface area contributed by atoms with Crippen LogP contribution >= 0.6 is 12.2 Å². The molecular weight excluding hydrogens is 270 g/mol. The highest BCUT2D eigenvalue weighted by Gasteiger charge is 2.34. The summed E-state index contributed by atoms with van der Waals surface area (Å²) in [5, 5.41) is -0.767. The molecule has 7 heteroatoms. The fourth-order valence-electron chi connectivity index (χ4n) is 2.08. The van der Waals surface area contributed by atoms with Crippen molar-refractivity contribution >= 4 is 27.2 Å². The van der Waals surface area contributed by atoms with Gasteiger partial charge < -0.3 is 10.6 Å². The third-order valence-corrected chi connectivity index (χ3v) is 5.82. The lowest BCUT2D eigenvalue weighted by Crippen LogP contribution is -2.50. The van der Waals surface area contributed by atoms with E-state index in [1.165, 1.54) is 4.31 Å². The van der Waals surface area contributed by atoms with Gasteiger partial charge in [0.1, 0.15) is 5.25 Å². The lowest BCUT2D eigenvalue weighted by Gasteiger charge is -2.32. The first-order valence-electron chi connectivity index (χ1n) is 6.13. The molecule has 0 heterocycles. The van der Waals surface area contributed by atoms with E-state index in [9.17, 15) is 8.42 Å². The molecule has 0 saturated heterocycles. The average Bonchev–Trinajstić information content (AvgIpc) is 2.15. The fourth-order valence-corrected chi connectivity index (χ4v) is 4.59. The predicted octanol–water partition coefficient (Wildman–Crippen LogP) is 0.653. The number of hydrogen-bond donors (Lipinski definition) is 1. The molecule has 0 aliphatic carbocycles. The minimum Gasteiger partial charge on any atom is -0.392 e. The molecular formula is C11H25N3O2S2. The summed E-state index contributed by atoms with van der Waals surface area (Å²) in [6.45, 7) is 6.60. The van der Waals surface area contributed by atoms with Gasteiger partial charge in [-0.05, 0) is 27.4 Å². The van der Waals surface area contributed by atoms with Crippen LogP contribution in [0.4, 0.5) is 0 Å². The van der Waals surface area contributed by atoms with E-state index in [-0.39, 0.29) is 11.0 Å². The quantitative estimate of drug-likeness (QED) is 0.666. The van der Waals surface area contributed by atoms with Crippen LogP contribution in [0, 0.1) is 0 Å². The van der Waals surface area contributed by atoms with E-state index in [2.05, 4.69) is 0 Å². The van der Waals surface area contributed by atoms with Gasteiger partial charge in [0, 0.05) is 19.1 Å². The first kappa shape index (κ1) is 17.8. The Labute approximate surface area is 116 Å². The molecule has 108 valence electrons. The Bertz CT molecular complexity index is 368. The second kappa shape index (κ2) is 7.37. The Morgan fingerprint density at radius 1 is 1.33 bits per heavy atom. The Morgan fingerprint density at radius 3 is 2.11 bits per heavy atom. The molecule has 0 aromatic heterocycles. The van der Waals surface area contributed by atoms with Gasteiger partial charge >= 0.3 is 0 Å². The summed E-state index contributed by atoms with van der Waals surface area (Å²) in [5.41, 5.74) is 5.54. The van der Waals surface area contributed by atoms with Gasteiger partial charge in [0.15, 0.2) is 0 Å². The lowest BCUT2D eigenvalue weighted by atomic mass is 10.3. The number of likely N-dealkylation sites (N-methyl/N-ethyl adjacent to an activating group) is 2. The summed E-state index contributed by atoms with van der Waals surface area (Å²) in [6.07, 6.45) is 0.406. The highest BCUT2D eigenvalue weighted by Crippen LogP contribution is 2.16. The Kier molecular flexibility index (Phi) is 7.28. The second-order valence-corrected chi connectivity index (χ2v) is 7.20.